The van der Waals surface area contributed by atoms with Crippen LogP contribution in [-0.2, 0) is 4.79 Å². The Morgan fingerprint density at radius 1 is 1.38 bits per heavy atom. The van der Waals surface area contributed by atoms with Gasteiger partial charge >= 0.3 is 0 Å². The number of piperidine rings is 1. The molecular formula is C20H29N5O3S. The van der Waals surface area contributed by atoms with E-state index in [1.54, 1.807) is 12.1 Å². The maximum Gasteiger partial charge on any atom is 0.270 e. The van der Waals surface area contributed by atoms with Crippen molar-refractivity contribution in [3.05, 3.63) is 28.3 Å². The number of benzene rings is 1. The first-order valence-corrected chi connectivity index (χ1v) is 10.7. The van der Waals surface area contributed by atoms with Crippen LogP contribution in [0.5, 0.6) is 0 Å². The maximum absolute atomic E-state index is 12.6. The van der Waals surface area contributed by atoms with Gasteiger partial charge in [0.25, 0.3) is 5.69 Å². The molecule has 2 aromatic rings. The lowest BCUT2D eigenvalue weighted by Crippen LogP contribution is -2.45. The molecule has 8 nitrogen and oxygen atoms in total. The van der Waals surface area contributed by atoms with E-state index < -0.39 is 0 Å². The average molecular weight is 420 g/mol. The highest BCUT2D eigenvalue weighted by Crippen LogP contribution is 2.33. The van der Waals surface area contributed by atoms with Crippen molar-refractivity contribution in [3.8, 4) is 0 Å². The van der Waals surface area contributed by atoms with E-state index in [0.29, 0.717) is 6.54 Å². The van der Waals surface area contributed by atoms with Crippen LogP contribution in [0.2, 0.25) is 0 Å². The van der Waals surface area contributed by atoms with Gasteiger partial charge < -0.3 is 15.1 Å². The predicted octanol–water partition coefficient (Wildman–Crippen LogP) is 3.12. The van der Waals surface area contributed by atoms with Gasteiger partial charge in [-0.1, -0.05) is 25.2 Å². The van der Waals surface area contributed by atoms with E-state index in [1.165, 1.54) is 17.4 Å². The number of aromatic nitrogens is 1. The van der Waals surface area contributed by atoms with E-state index >= 15 is 0 Å². The standard InChI is InChI=1S/C20H29N5O3S/c1-20(2,13-23(3)4)12-21-18(26)14-7-9-24(10-8-14)19-22-16-6-5-15(25(27)28)11-17(16)29-19/h5-6,11,14H,7-10,12-13H2,1-4H3,(H,21,26). The first-order valence-electron chi connectivity index (χ1n) is 9.87. The monoisotopic (exact) mass is 419 g/mol. The summed E-state index contributed by atoms with van der Waals surface area (Å²) in [5.74, 6) is 0.160. The van der Waals surface area contributed by atoms with Crippen molar-refractivity contribution in [3.63, 3.8) is 0 Å². The lowest BCUT2D eigenvalue weighted by molar-refractivity contribution is -0.384. The molecule has 0 bridgehead atoms. The quantitative estimate of drug-likeness (QED) is 0.548. The van der Waals surface area contributed by atoms with Crippen LogP contribution in [-0.4, -0.2) is 61.0 Å². The topological polar surface area (TPSA) is 91.6 Å². The molecule has 3 rings (SSSR count). The molecule has 1 saturated heterocycles. The van der Waals surface area contributed by atoms with Crippen LogP contribution in [0.15, 0.2) is 18.2 Å². The summed E-state index contributed by atoms with van der Waals surface area (Å²) in [7, 11) is 4.08. The first-order chi connectivity index (χ1) is 13.6. The highest BCUT2D eigenvalue weighted by atomic mass is 32.1. The molecule has 158 valence electrons. The first kappa shape index (κ1) is 21.4. The Bertz CT molecular complexity index is 887. The summed E-state index contributed by atoms with van der Waals surface area (Å²) in [4.78, 5) is 32.1. The number of hydrogen-bond donors (Lipinski definition) is 1. The van der Waals surface area contributed by atoms with Gasteiger partial charge in [-0.2, -0.15) is 0 Å². The Morgan fingerprint density at radius 2 is 2.07 bits per heavy atom. The molecule has 0 saturated carbocycles. The summed E-state index contributed by atoms with van der Waals surface area (Å²) in [6.45, 7) is 7.44. The number of non-ortho nitro benzene ring substituents is 1. The molecule has 1 aromatic heterocycles. The second-order valence-corrected chi connectivity index (χ2v) is 9.80. The molecule has 1 amide bonds. The van der Waals surface area contributed by atoms with Gasteiger partial charge in [0.2, 0.25) is 5.91 Å². The van der Waals surface area contributed by atoms with E-state index in [1.807, 2.05) is 14.1 Å². The highest BCUT2D eigenvalue weighted by Gasteiger charge is 2.28. The minimum atomic E-state index is -0.386. The zero-order valence-corrected chi connectivity index (χ0v) is 18.3. The summed E-state index contributed by atoms with van der Waals surface area (Å²) in [5, 5.41) is 15.0. The molecule has 0 radical (unpaired) electrons. The normalized spacial score (nSPS) is 15.8. The van der Waals surface area contributed by atoms with Gasteiger partial charge in [0.1, 0.15) is 0 Å². The fourth-order valence-electron chi connectivity index (χ4n) is 3.87. The summed E-state index contributed by atoms with van der Waals surface area (Å²) < 4.78 is 0.817. The van der Waals surface area contributed by atoms with Crippen LogP contribution < -0.4 is 10.2 Å². The smallest absolute Gasteiger partial charge is 0.270 e. The number of anilines is 1. The van der Waals surface area contributed by atoms with Gasteiger partial charge in [0, 0.05) is 44.2 Å². The number of rotatable bonds is 7. The number of thiazole rings is 1. The summed E-state index contributed by atoms with van der Waals surface area (Å²) in [5.41, 5.74) is 0.891. The lowest BCUT2D eigenvalue weighted by atomic mass is 9.91. The number of nitro benzene ring substituents is 1. The van der Waals surface area contributed by atoms with Crippen LogP contribution in [0.3, 0.4) is 0 Å². The number of fused-ring (bicyclic) bond motifs is 1. The van der Waals surface area contributed by atoms with Crippen LogP contribution in [0.1, 0.15) is 26.7 Å². The van der Waals surface area contributed by atoms with Gasteiger partial charge in [-0.15, -0.1) is 0 Å². The molecule has 29 heavy (non-hydrogen) atoms. The van der Waals surface area contributed by atoms with Crippen molar-refractivity contribution in [2.45, 2.75) is 26.7 Å². The number of carbonyl (C=O) groups is 1. The molecule has 9 heteroatoms. The molecule has 1 aromatic carbocycles. The fraction of sp³-hybridized carbons (Fsp3) is 0.600. The van der Waals surface area contributed by atoms with Crippen LogP contribution in [0.25, 0.3) is 10.2 Å². The Morgan fingerprint density at radius 3 is 2.69 bits per heavy atom. The van der Waals surface area contributed by atoms with Crippen molar-refractivity contribution in [2.75, 3.05) is 45.2 Å². The number of carbonyl (C=O) groups excluding carboxylic acids is 1. The third-order valence-corrected chi connectivity index (χ3v) is 6.27. The van der Waals surface area contributed by atoms with Gasteiger partial charge in [0.15, 0.2) is 5.13 Å². The fourth-order valence-corrected chi connectivity index (χ4v) is 4.92. The Labute approximate surface area is 175 Å². The zero-order chi connectivity index (χ0) is 21.2. The minimum absolute atomic E-state index is 0.0249. The molecular weight excluding hydrogens is 390 g/mol. The second-order valence-electron chi connectivity index (χ2n) is 8.79. The Hall–Kier alpha value is -2.26. The molecule has 1 fully saturated rings. The number of hydrogen-bond acceptors (Lipinski definition) is 7. The number of nitro groups is 1. The van der Waals surface area contributed by atoms with Crippen molar-refractivity contribution in [2.24, 2.45) is 11.3 Å². The van der Waals surface area contributed by atoms with Crippen molar-refractivity contribution in [1.82, 2.24) is 15.2 Å². The molecule has 1 N–H and O–H groups in total. The van der Waals surface area contributed by atoms with E-state index in [9.17, 15) is 14.9 Å². The molecule has 0 atom stereocenters. The van der Waals surface area contributed by atoms with E-state index in [-0.39, 0.29) is 27.9 Å². The number of amides is 1. The summed E-state index contributed by atoms with van der Waals surface area (Å²) in [6, 6.07) is 4.76. The Balaban J connectivity index is 1.55. The van der Waals surface area contributed by atoms with E-state index in [4.69, 9.17) is 0 Å². The maximum atomic E-state index is 12.6. The van der Waals surface area contributed by atoms with Crippen molar-refractivity contribution < 1.29 is 9.72 Å². The molecule has 2 heterocycles. The molecule has 1 aliphatic heterocycles. The molecule has 0 spiro atoms. The predicted molar refractivity (Wildman–Crippen MR) is 117 cm³/mol. The van der Waals surface area contributed by atoms with Gasteiger partial charge in [-0.3, -0.25) is 14.9 Å². The summed E-state index contributed by atoms with van der Waals surface area (Å²) in [6.07, 6.45) is 1.58. The van der Waals surface area contributed by atoms with Crippen molar-refractivity contribution >= 4 is 38.3 Å². The SMILES string of the molecule is CN(C)CC(C)(C)CNC(=O)C1CCN(c2nc3ccc([N+](=O)[O-])cc3s2)CC1. The van der Waals surface area contributed by atoms with Crippen molar-refractivity contribution in [1.29, 1.82) is 0 Å². The van der Waals surface area contributed by atoms with Gasteiger partial charge in [0.05, 0.1) is 15.1 Å². The van der Waals surface area contributed by atoms with Crippen LogP contribution in [0.4, 0.5) is 10.8 Å². The number of nitrogens with zero attached hydrogens (tertiary/aromatic N) is 4. The van der Waals surface area contributed by atoms with E-state index in [0.717, 1.165) is 47.8 Å². The zero-order valence-electron chi connectivity index (χ0n) is 17.5. The van der Waals surface area contributed by atoms with Gasteiger partial charge in [-0.25, -0.2) is 4.98 Å². The molecule has 1 aliphatic rings. The third-order valence-electron chi connectivity index (χ3n) is 5.19. The van der Waals surface area contributed by atoms with E-state index in [2.05, 4.69) is 33.9 Å². The lowest BCUT2D eigenvalue weighted by Gasteiger charge is -2.33. The average Bonchev–Trinajstić information content (AvgIpc) is 3.08. The largest absolute Gasteiger partial charge is 0.355 e. The molecule has 0 unspecified atom stereocenters. The van der Waals surface area contributed by atoms with Gasteiger partial charge in [-0.05, 0) is 38.4 Å². The Kier molecular flexibility index (Phi) is 6.38. The van der Waals surface area contributed by atoms with Crippen LogP contribution >= 0.6 is 11.3 Å². The highest BCUT2D eigenvalue weighted by molar-refractivity contribution is 7.22. The summed E-state index contributed by atoms with van der Waals surface area (Å²) >= 11 is 1.47. The minimum Gasteiger partial charge on any atom is -0.355 e. The second kappa shape index (κ2) is 8.62. The van der Waals surface area contributed by atoms with Crippen LogP contribution in [0, 0.1) is 21.4 Å². The molecule has 0 aliphatic carbocycles. The number of nitrogens with one attached hydrogen (secondary N) is 1. The third kappa shape index (κ3) is 5.42.